The normalized spacial score (nSPS) is 10.5. The molecule has 5 heteroatoms. The molecule has 0 amide bonds. The maximum atomic E-state index is 11.4. The van der Waals surface area contributed by atoms with E-state index in [1.807, 2.05) is 6.26 Å². The Morgan fingerprint density at radius 3 is 3.15 bits per heavy atom. The van der Waals surface area contributed by atoms with Gasteiger partial charge >= 0.3 is 0 Å². The molecule has 4 nitrogen and oxygen atoms in total. The summed E-state index contributed by atoms with van der Waals surface area (Å²) in [6.45, 7) is 0. The second-order valence-electron chi connectivity index (χ2n) is 2.43. The van der Waals surface area contributed by atoms with E-state index in [-0.39, 0.29) is 5.56 Å². The summed E-state index contributed by atoms with van der Waals surface area (Å²) in [5.74, 6) is 0.444. The Hall–Kier alpha value is -1.36. The van der Waals surface area contributed by atoms with Gasteiger partial charge in [-0.2, -0.15) is 0 Å². The molecule has 0 aliphatic rings. The van der Waals surface area contributed by atoms with E-state index in [4.69, 9.17) is 0 Å². The van der Waals surface area contributed by atoms with Crippen molar-refractivity contribution in [2.45, 2.75) is 5.03 Å². The smallest absolute Gasteiger partial charge is 0.260 e. The molecule has 2 rings (SSSR count). The maximum absolute atomic E-state index is 11.4. The molecule has 2 heterocycles. The second kappa shape index (κ2) is 3.18. The van der Waals surface area contributed by atoms with Crippen LogP contribution >= 0.6 is 11.8 Å². The van der Waals surface area contributed by atoms with Crippen LogP contribution in [0.3, 0.4) is 0 Å². The number of hydrogen-bond acceptors (Lipinski definition) is 4. The molecule has 66 valence electrons. The van der Waals surface area contributed by atoms with Gasteiger partial charge in [-0.15, -0.1) is 11.8 Å². The van der Waals surface area contributed by atoms with Crippen molar-refractivity contribution in [1.82, 2.24) is 14.4 Å². The molecule has 0 bridgehead atoms. The Bertz CT molecular complexity index is 494. The molecule has 0 aliphatic carbocycles. The average molecular weight is 193 g/mol. The van der Waals surface area contributed by atoms with Crippen LogP contribution in [0.4, 0.5) is 0 Å². The van der Waals surface area contributed by atoms with Gasteiger partial charge in [-0.1, -0.05) is 0 Å². The molecule has 13 heavy (non-hydrogen) atoms. The fourth-order valence-electron chi connectivity index (χ4n) is 1.03. The maximum Gasteiger partial charge on any atom is 0.260 e. The van der Waals surface area contributed by atoms with Gasteiger partial charge in [0.1, 0.15) is 5.03 Å². The zero-order valence-electron chi connectivity index (χ0n) is 6.97. The predicted molar refractivity (Wildman–Crippen MR) is 51.0 cm³/mol. The average Bonchev–Trinajstić information content (AvgIpc) is 2.18. The lowest BCUT2D eigenvalue weighted by Crippen LogP contribution is -2.14. The highest BCUT2D eigenvalue weighted by Gasteiger charge is 1.99. The summed E-state index contributed by atoms with van der Waals surface area (Å²) in [5.41, 5.74) is -0.0950. The Morgan fingerprint density at radius 1 is 1.54 bits per heavy atom. The highest BCUT2D eigenvalue weighted by atomic mass is 32.2. The zero-order chi connectivity index (χ0) is 9.26. The number of fused-ring (bicyclic) bond motifs is 1. The summed E-state index contributed by atoms with van der Waals surface area (Å²) in [6.07, 6.45) is 5.15. The Labute approximate surface area is 78.6 Å². The van der Waals surface area contributed by atoms with Crippen LogP contribution in [-0.2, 0) is 0 Å². The van der Waals surface area contributed by atoms with Gasteiger partial charge in [0.05, 0.1) is 0 Å². The van der Waals surface area contributed by atoms with E-state index in [9.17, 15) is 4.79 Å². The lowest BCUT2D eigenvalue weighted by molar-refractivity contribution is 0.947. The van der Waals surface area contributed by atoms with Crippen LogP contribution < -0.4 is 5.56 Å². The minimum absolute atomic E-state index is 0.0950. The summed E-state index contributed by atoms with van der Waals surface area (Å²) in [4.78, 5) is 19.6. The standard InChI is InChI=1S/C8H7N3OS/c1-13-6-5-7(12)11-4-2-3-9-8(11)10-6/h2-5H,1H3. The Balaban J connectivity index is 2.85. The molecule has 0 spiro atoms. The van der Waals surface area contributed by atoms with Crippen molar-refractivity contribution in [3.8, 4) is 0 Å². The molecular weight excluding hydrogens is 186 g/mol. The fourth-order valence-corrected chi connectivity index (χ4v) is 1.42. The van der Waals surface area contributed by atoms with E-state index in [0.29, 0.717) is 10.8 Å². The van der Waals surface area contributed by atoms with Gasteiger partial charge < -0.3 is 0 Å². The first kappa shape index (κ1) is 8.25. The zero-order valence-corrected chi connectivity index (χ0v) is 7.78. The van der Waals surface area contributed by atoms with E-state index in [0.717, 1.165) is 0 Å². The van der Waals surface area contributed by atoms with E-state index >= 15 is 0 Å². The molecule has 0 unspecified atom stereocenters. The molecule has 2 aromatic heterocycles. The number of hydrogen-bond donors (Lipinski definition) is 0. The molecule has 0 N–H and O–H groups in total. The summed E-state index contributed by atoms with van der Waals surface area (Å²) in [6, 6.07) is 3.20. The highest BCUT2D eigenvalue weighted by molar-refractivity contribution is 7.98. The summed E-state index contributed by atoms with van der Waals surface area (Å²) < 4.78 is 1.42. The molecule has 0 saturated heterocycles. The molecule has 0 aromatic carbocycles. The third-order valence-corrected chi connectivity index (χ3v) is 2.26. The molecule has 2 aromatic rings. The topological polar surface area (TPSA) is 47.3 Å². The van der Waals surface area contributed by atoms with Crippen LogP contribution in [0, 0.1) is 0 Å². The van der Waals surface area contributed by atoms with Crippen molar-refractivity contribution < 1.29 is 0 Å². The van der Waals surface area contributed by atoms with Crippen LogP contribution in [0.15, 0.2) is 34.3 Å². The molecule has 0 saturated carbocycles. The van der Waals surface area contributed by atoms with Gasteiger partial charge in [0.25, 0.3) is 5.56 Å². The number of aromatic nitrogens is 3. The second-order valence-corrected chi connectivity index (χ2v) is 3.25. The van der Waals surface area contributed by atoms with Gasteiger partial charge in [-0.25, -0.2) is 9.97 Å². The molecular formula is C8H7N3OS. The van der Waals surface area contributed by atoms with Crippen molar-refractivity contribution in [2.75, 3.05) is 6.26 Å². The third-order valence-electron chi connectivity index (χ3n) is 1.63. The number of thioether (sulfide) groups is 1. The lowest BCUT2D eigenvalue weighted by atomic mass is 10.6. The first-order valence-corrected chi connectivity index (χ1v) is 4.92. The number of rotatable bonds is 1. The minimum atomic E-state index is -0.0950. The highest BCUT2D eigenvalue weighted by Crippen LogP contribution is 2.07. The van der Waals surface area contributed by atoms with E-state index in [1.165, 1.54) is 22.2 Å². The lowest BCUT2D eigenvalue weighted by Gasteiger charge is -1.98. The van der Waals surface area contributed by atoms with E-state index in [1.54, 1.807) is 18.5 Å². The van der Waals surface area contributed by atoms with Gasteiger partial charge in [0.2, 0.25) is 5.78 Å². The van der Waals surface area contributed by atoms with Crippen LogP contribution in [0.25, 0.3) is 5.78 Å². The van der Waals surface area contributed by atoms with E-state index in [2.05, 4.69) is 9.97 Å². The van der Waals surface area contributed by atoms with E-state index < -0.39 is 0 Å². The SMILES string of the molecule is CSc1cc(=O)n2cccnc2n1. The minimum Gasteiger partial charge on any atom is -0.269 e. The van der Waals surface area contributed by atoms with Crippen molar-refractivity contribution >= 4 is 17.5 Å². The monoisotopic (exact) mass is 193 g/mol. The third kappa shape index (κ3) is 1.42. The largest absolute Gasteiger partial charge is 0.269 e. The van der Waals surface area contributed by atoms with Gasteiger partial charge in [-0.05, 0) is 12.3 Å². The predicted octanol–water partition coefficient (Wildman–Crippen LogP) is 0.811. The van der Waals surface area contributed by atoms with Gasteiger partial charge in [0, 0.05) is 18.5 Å². The summed E-state index contributed by atoms with van der Waals surface area (Å²) in [5, 5.41) is 0.698. The summed E-state index contributed by atoms with van der Waals surface area (Å²) in [7, 11) is 0. The Morgan fingerprint density at radius 2 is 2.38 bits per heavy atom. The van der Waals surface area contributed by atoms with Crippen molar-refractivity contribution in [1.29, 1.82) is 0 Å². The van der Waals surface area contributed by atoms with Crippen molar-refractivity contribution in [3.63, 3.8) is 0 Å². The fraction of sp³-hybridized carbons (Fsp3) is 0.125. The number of nitrogens with zero attached hydrogens (tertiary/aromatic N) is 3. The quantitative estimate of drug-likeness (QED) is 0.496. The van der Waals surface area contributed by atoms with Crippen LogP contribution in [-0.4, -0.2) is 20.6 Å². The van der Waals surface area contributed by atoms with Gasteiger partial charge in [0.15, 0.2) is 0 Å². The Kier molecular flexibility index (Phi) is 2.02. The molecule has 0 fully saturated rings. The van der Waals surface area contributed by atoms with Gasteiger partial charge in [-0.3, -0.25) is 9.20 Å². The summed E-state index contributed by atoms with van der Waals surface area (Å²) >= 11 is 1.43. The first-order valence-electron chi connectivity index (χ1n) is 3.69. The van der Waals surface area contributed by atoms with Crippen molar-refractivity contribution in [2.24, 2.45) is 0 Å². The first-order chi connectivity index (χ1) is 6.31. The van der Waals surface area contributed by atoms with Crippen LogP contribution in [0.5, 0.6) is 0 Å². The molecule has 0 atom stereocenters. The molecule has 0 radical (unpaired) electrons. The van der Waals surface area contributed by atoms with Crippen LogP contribution in [0.2, 0.25) is 0 Å². The van der Waals surface area contributed by atoms with Crippen molar-refractivity contribution in [3.05, 3.63) is 34.9 Å². The molecule has 0 aliphatic heterocycles. The van der Waals surface area contributed by atoms with Crippen LogP contribution in [0.1, 0.15) is 0 Å².